The van der Waals surface area contributed by atoms with E-state index in [0.717, 1.165) is 24.6 Å². The maximum absolute atomic E-state index is 12.2. The summed E-state index contributed by atoms with van der Waals surface area (Å²) < 4.78 is 28.5. The summed E-state index contributed by atoms with van der Waals surface area (Å²) in [6.07, 6.45) is 2.43. The Labute approximate surface area is 123 Å². The molecule has 1 aromatic heterocycles. The Morgan fingerprint density at radius 2 is 2.20 bits per heavy atom. The van der Waals surface area contributed by atoms with Crippen LogP contribution < -0.4 is 10.6 Å². The molecule has 1 atom stereocenters. The lowest BCUT2D eigenvalue weighted by molar-refractivity contribution is 0.231. The number of nitrogens with two attached hydrogens (primary N) is 1. The number of piperazine rings is 1. The fraction of sp³-hybridized carbons (Fsp3) is 0.750. The highest BCUT2D eigenvalue weighted by Gasteiger charge is 2.34. The van der Waals surface area contributed by atoms with E-state index in [2.05, 4.69) is 14.2 Å². The van der Waals surface area contributed by atoms with E-state index >= 15 is 0 Å². The minimum Gasteiger partial charge on any atom is -0.382 e. The maximum Gasteiger partial charge on any atom is 0.184 e. The second-order valence-electron chi connectivity index (χ2n) is 5.38. The summed E-state index contributed by atoms with van der Waals surface area (Å²) in [5, 5.41) is 0.732. The normalized spacial score (nSPS) is 24.1. The van der Waals surface area contributed by atoms with Gasteiger partial charge in [-0.25, -0.2) is 8.42 Å². The van der Waals surface area contributed by atoms with Gasteiger partial charge in [-0.05, 0) is 30.9 Å². The van der Waals surface area contributed by atoms with Gasteiger partial charge in [0.2, 0.25) is 0 Å². The molecule has 6 nitrogen and oxygen atoms in total. The quantitative estimate of drug-likeness (QED) is 0.889. The number of aromatic nitrogens is 1. The van der Waals surface area contributed by atoms with E-state index in [1.54, 1.807) is 6.92 Å². The zero-order valence-corrected chi connectivity index (χ0v) is 13.2. The van der Waals surface area contributed by atoms with E-state index in [9.17, 15) is 8.42 Å². The van der Waals surface area contributed by atoms with Crippen molar-refractivity contribution in [2.45, 2.75) is 30.7 Å². The van der Waals surface area contributed by atoms with E-state index in [1.807, 2.05) is 0 Å². The highest BCUT2D eigenvalue weighted by Crippen LogP contribution is 2.37. The number of rotatable bonds is 3. The van der Waals surface area contributed by atoms with Crippen LogP contribution in [0.25, 0.3) is 0 Å². The fourth-order valence-corrected chi connectivity index (χ4v) is 5.44. The van der Waals surface area contributed by atoms with Crippen LogP contribution >= 0.6 is 11.5 Å². The summed E-state index contributed by atoms with van der Waals surface area (Å²) in [7, 11) is -3.32. The molecule has 0 bridgehead atoms. The predicted octanol–water partition coefficient (Wildman–Crippen LogP) is 0.803. The Morgan fingerprint density at radius 1 is 1.40 bits per heavy atom. The smallest absolute Gasteiger partial charge is 0.184 e. The number of fused-ring (bicyclic) bond motifs is 1. The fourth-order valence-electron chi connectivity index (χ4n) is 3.10. The molecule has 1 unspecified atom stereocenters. The minimum absolute atomic E-state index is 0.0615. The molecule has 3 heterocycles. The van der Waals surface area contributed by atoms with Crippen molar-refractivity contribution in [3.8, 4) is 0 Å². The van der Waals surface area contributed by atoms with E-state index in [1.165, 1.54) is 30.9 Å². The van der Waals surface area contributed by atoms with Gasteiger partial charge in [0.15, 0.2) is 15.7 Å². The van der Waals surface area contributed by atoms with Gasteiger partial charge in [-0.3, -0.25) is 4.90 Å². The molecule has 0 aromatic carbocycles. The SMILES string of the molecule is CCS(=O)(=O)c1c(N)nsc1N1CCN2CCCC2C1. The standard InChI is InChI=1S/C12H20N4O2S2/c1-2-20(17,18)10-11(13)14-19-12(10)16-7-6-15-5-3-4-9(15)8-16/h9H,2-8H2,1H3,(H2,13,14). The Kier molecular flexibility index (Phi) is 3.64. The van der Waals surface area contributed by atoms with Crippen molar-refractivity contribution in [3.05, 3.63) is 0 Å². The molecule has 0 amide bonds. The first-order chi connectivity index (χ1) is 9.53. The molecule has 0 spiro atoms. The van der Waals surface area contributed by atoms with E-state index in [-0.39, 0.29) is 16.5 Å². The van der Waals surface area contributed by atoms with Gasteiger partial charge in [-0.15, -0.1) is 0 Å². The third-order valence-electron chi connectivity index (χ3n) is 4.22. The van der Waals surface area contributed by atoms with Crippen LogP contribution in [-0.4, -0.2) is 55.7 Å². The van der Waals surface area contributed by atoms with Gasteiger partial charge in [-0.2, -0.15) is 4.37 Å². The Balaban J connectivity index is 1.91. The summed E-state index contributed by atoms with van der Waals surface area (Å²) in [6, 6.07) is 0.546. The molecular formula is C12H20N4O2S2. The lowest BCUT2D eigenvalue weighted by Crippen LogP contribution is -2.50. The van der Waals surface area contributed by atoms with Gasteiger partial charge in [0.25, 0.3) is 0 Å². The predicted molar refractivity (Wildman–Crippen MR) is 81.1 cm³/mol. The molecule has 2 saturated heterocycles. The van der Waals surface area contributed by atoms with Crippen LogP contribution in [0, 0.1) is 0 Å². The third kappa shape index (κ3) is 2.29. The highest BCUT2D eigenvalue weighted by atomic mass is 32.2. The molecule has 2 N–H and O–H groups in total. The van der Waals surface area contributed by atoms with E-state index in [4.69, 9.17) is 5.73 Å². The van der Waals surface area contributed by atoms with Crippen LogP contribution in [0.2, 0.25) is 0 Å². The summed E-state index contributed by atoms with van der Waals surface area (Å²) in [4.78, 5) is 4.90. The summed E-state index contributed by atoms with van der Waals surface area (Å²) in [5.74, 6) is 0.215. The van der Waals surface area contributed by atoms with Crippen molar-refractivity contribution in [3.63, 3.8) is 0 Å². The molecule has 0 aliphatic carbocycles. The second kappa shape index (κ2) is 5.16. The van der Waals surface area contributed by atoms with Crippen LogP contribution in [0.3, 0.4) is 0 Å². The van der Waals surface area contributed by atoms with Crippen LogP contribution in [0.5, 0.6) is 0 Å². The molecule has 8 heteroatoms. The van der Waals surface area contributed by atoms with Crippen LogP contribution in [0.4, 0.5) is 10.8 Å². The highest BCUT2D eigenvalue weighted by molar-refractivity contribution is 7.91. The first kappa shape index (κ1) is 14.1. The van der Waals surface area contributed by atoms with Gasteiger partial charge in [0.1, 0.15) is 9.90 Å². The topological polar surface area (TPSA) is 79.5 Å². The average molecular weight is 316 g/mol. The molecule has 1 aromatic rings. The van der Waals surface area contributed by atoms with Crippen molar-refractivity contribution in [1.29, 1.82) is 0 Å². The average Bonchev–Trinajstić information content (AvgIpc) is 3.04. The van der Waals surface area contributed by atoms with Gasteiger partial charge in [-0.1, -0.05) is 6.92 Å². The van der Waals surface area contributed by atoms with Crippen LogP contribution in [0.1, 0.15) is 19.8 Å². The largest absolute Gasteiger partial charge is 0.382 e. The van der Waals surface area contributed by atoms with Crippen LogP contribution in [0.15, 0.2) is 4.90 Å². The Hall–Kier alpha value is -0.860. The first-order valence-corrected chi connectivity index (χ1v) is 9.42. The minimum atomic E-state index is -3.32. The number of nitrogen functional groups attached to an aromatic ring is 1. The molecule has 112 valence electrons. The maximum atomic E-state index is 12.2. The van der Waals surface area contributed by atoms with Crippen molar-refractivity contribution < 1.29 is 8.42 Å². The number of anilines is 2. The van der Waals surface area contributed by atoms with Crippen molar-refractivity contribution >= 4 is 32.2 Å². The number of nitrogens with zero attached hydrogens (tertiary/aromatic N) is 3. The second-order valence-corrected chi connectivity index (χ2v) is 8.35. The van der Waals surface area contributed by atoms with Crippen molar-refractivity contribution in [2.75, 3.05) is 42.6 Å². The molecule has 20 heavy (non-hydrogen) atoms. The van der Waals surface area contributed by atoms with E-state index in [0.29, 0.717) is 6.04 Å². The number of sulfone groups is 1. The van der Waals surface area contributed by atoms with Gasteiger partial charge < -0.3 is 10.6 Å². The van der Waals surface area contributed by atoms with Crippen molar-refractivity contribution in [1.82, 2.24) is 9.27 Å². The van der Waals surface area contributed by atoms with Gasteiger partial charge in [0, 0.05) is 25.7 Å². The number of hydrogen-bond acceptors (Lipinski definition) is 7. The summed E-state index contributed by atoms with van der Waals surface area (Å²) >= 11 is 1.21. The van der Waals surface area contributed by atoms with E-state index < -0.39 is 9.84 Å². The lowest BCUT2D eigenvalue weighted by Gasteiger charge is -2.38. The monoisotopic (exact) mass is 316 g/mol. The first-order valence-electron chi connectivity index (χ1n) is 7.00. The lowest BCUT2D eigenvalue weighted by atomic mass is 10.1. The molecule has 2 fully saturated rings. The molecule has 3 rings (SSSR count). The molecular weight excluding hydrogens is 296 g/mol. The molecule has 2 aliphatic rings. The summed E-state index contributed by atoms with van der Waals surface area (Å²) in [5.41, 5.74) is 5.80. The van der Waals surface area contributed by atoms with Gasteiger partial charge in [0.05, 0.1) is 5.75 Å². The van der Waals surface area contributed by atoms with Gasteiger partial charge >= 0.3 is 0 Å². The zero-order valence-electron chi connectivity index (χ0n) is 11.6. The summed E-state index contributed by atoms with van der Waals surface area (Å²) in [6.45, 7) is 5.54. The Bertz CT molecular complexity index is 599. The molecule has 0 saturated carbocycles. The molecule has 2 aliphatic heterocycles. The van der Waals surface area contributed by atoms with Crippen molar-refractivity contribution in [2.24, 2.45) is 0 Å². The van der Waals surface area contributed by atoms with Crippen LogP contribution in [-0.2, 0) is 9.84 Å². The zero-order chi connectivity index (χ0) is 14.3. The Morgan fingerprint density at radius 3 is 2.95 bits per heavy atom. The number of hydrogen-bond donors (Lipinski definition) is 1. The molecule has 0 radical (unpaired) electrons. The third-order valence-corrected chi connectivity index (χ3v) is 7.06.